The number of amides is 1. The minimum Gasteiger partial charge on any atom is -0.483 e. The molecule has 1 amide bonds. The number of likely N-dealkylation sites (tertiary alicyclic amines) is 1. The van der Waals surface area contributed by atoms with Gasteiger partial charge in [0.2, 0.25) is 0 Å². The van der Waals surface area contributed by atoms with Crippen molar-refractivity contribution < 1.29 is 18.3 Å². The zero-order valence-electron chi connectivity index (χ0n) is 13.3. The molecule has 6 heteroatoms. The molecule has 1 aliphatic rings. The van der Waals surface area contributed by atoms with Crippen LogP contribution in [0.4, 0.5) is 4.39 Å². The second kappa shape index (κ2) is 5.68. The van der Waals surface area contributed by atoms with Crippen LogP contribution in [0.1, 0.15) is 16.7 Å². The Morgan fingerprint density at radius 2 is 2.00 bits per heavy atom. The van der Waals surface area contributed by atoms with E-state index in [1.807, 2.05) is 13.8 Å². The van der Waals surface area contributed by atoms with E-state index < -0.39 is 6.17 Å². The summed E-state index contributed by atoms with van der Waals surface area (Å²) in [6, 6.07) is 3.57. The van der Waals surface area contributed by atoms with E-state index in [-0.39, 0.29) is 31.2 Å². The molecule has 0 aliphatic carbocycles. The van der Waals surface area contributed by atoms with Gasteiger partial charge in [-0.1, -0.05) is 0 Å². The first-order valence-electron chi connectivity index (χ1n) is 7.46. The van der Waals surface area contributed by atoms with Crippen molar-refractivity contribution in [3.63, 3.8) is 0 Å². The topological polar surface area (TPSA) is 59.8 Å². The van der Waals surface area contributed by atoms with E-state index in [2.05, 4.69) is 0 Å². The fourth-order valence-corrected chi connectivity index (χ4v) is 2.66. The van der Waals surface area contributed by atoms with Crippen molar-refractivity contribution >= 4 is 16.9 Å². The molecule has 0 radical (unpaired) electrons. The molecule has 2 heterocycles. The van der Waals surface area contributed by atoms with Crippen LogP contribution in [0.25, 0.3) is 11.0 Å². The zero-order valence-corrected chi connectivity index (χ0v) is 13.3. The lowest BCUT2D eigenvalue weighted by atomic mass is 10.0. The first-order valence-corrected chi connectivity index (χ1v) is 7.46. The van der Waals surface area contributed by atoms with Crippen molar-refractivity contribution in [1.82, 2.24) is 4.90 Å². The van der Waals surface area contributed by atoms with Crippen molar-refractivity contribution in [3.8, 4) is 5.75 Å². The highest BCUT2D eigenvalue weighted by atomic mass is 19.1. The summed E-state index contributed by atoms with van der Waals surface area (Å²) >= 11 is 0. The van der Waals surface area contributed by atoms with E-state index in [1.54, 1.807) is 19.1 Å². The summed E-state index contributed by atoms with van der Waals surface area (Å²) in [5.41, 5.74) is 2.21. The number of carbonyl (C=O) groups excluding carboxylic acids is 1. The molecule has 0 unspecified atom stereocenters. The molecule has 1 aliphatic heterocycles. The lowest BCUT2D eigenvalue weighted by Crippen LogP contribution is -2.52. The number of fused-ring (bicyclic) bond motifs is 1. The highest BCUT2D eigenvalue weighted by Crippen LogP contribution is 2.31. The number of ether oxygens (including phenoxy) is 1. The minimum atomic E-state index is -0.932. The van der Waals surface area contributed by atoms with Gasteiger partial charge in [0.15, 0.2) is 6.61 Å². The Bertz CT molecular complexity index is 837. The Balaban J connectivity index is 1.92. The Hall–Kier alpha value is -2.37. The Labute approximate surface area is 132 Å². The quantitative estimate of drug-likeness (QED) is 0.814. The molecule has 1 aromatic carbocycles. The van der Waals surface area contributed by atoms with Crippen LogP contribution in [0, 0.1) is 20.8 Å². The van der Waals surface area contributed by atoms with E-state index in [1.165, 1.54) is 4.90 Å². The van der Waals surface area contributed by atoms with Crippen LogP contribution in [-0.4, -0.2) is 36.7 Å². The molecule has 23 heavy (non-hydrogen) atoms. The van der Waals surface area contributed by atoms with E-state index in [0.717, 1.165) is 11.1 Å². The van der Waals surface area contributed by atoms with E-state index in [9.17, 15) is 14.0 Å². The van der Waals surface area contributed by atoms with Gasteiger partial charge in [0.05, 0.1) is 18.5 Å². The molecule has 0 spiro atoms. The number of halogens is 1. The van der Waals surface area contributed by atoms with Gasteiger partial charge in [0.1, 0.15) is 17.5 Å². The van der Waals surface area contributed by atoms with Gasteiger partial charge in [-0.3, -0.25) is 4.79 Å². The van der Waals surface area contributed by atoms with Gasteiger partial charge >= 0.3 is 5.63 Å². The summed E-state index contributed by atoms with van der Waals surface area (Å²) in [5.74, 6) is 0.246. The number of alkyl halides is 1. The summed E-state index contributed by atoms with van der Waals surface area (Å²) < 4.78 is 23.8. The van der Waals surface area contributed by atoms with Crippen LogP contribution in [0.15, 0.2) is 21.3 Å². The molecule has 3 rings (SSSR count). The molecule has 0 N–H and O–H groups in total. The van der Waals surface area contributed by atoms with Crippen molar-refractivity contribution in [1.29, 1.82) is 0 Å². The number of hydrogen-bond acceptors (Lipinski definition) is 4. The van der Waals surface area contributed by atoms with Crippen molar-refractivity contribution in [2.24, 2.45) is 0 Å². The maximum Gasteiger partial charge on any atom is 0.339 e. The molecule has 1 aromatic heterocycles. The minimum absolute atomic E-state index is 0.129. The lowest BCUT2D eigenvalue weighted by Gasteiger charge is -2.34. The smallest absolute Gasteiger partial charge is 0.339 e. The molecule has 0 saturated carbocycles. The third-order valence-electron chi connectivity index (χ3n) is 4.20. The molecule has 5 nitrogen and oxygen atoms in total. The van der Waals surface area contributed by atoms with Crippen LogP contribution >= 0.6 is 0 Å². The van der Waals surface area contributed by atoms with E-state index >= 15 is 0 Å². The maximum atomic E-state index is 12.8. The molecular weight excluding hydrogens is 301 g/mol. The number of nitrogens with zero attached hydrogens (tertiary/aromatic N) is 1. The third kappa shape index (κ3) is 2.81. The number of rotatable bonds is 3. The van der Waals surface area contributed by atoms with Gasteiger partial charge in [-0.15, -0.1) is 0 Å². The molecule has 1 saturated heterocycles. The summed E-state index contributed by atoms with van der Waals surface area (Å²) in [6.45, 7) is 5.46. The second-order valence-corrected chi connectivity index (χ2v) is 5.96. The number of aryl methyl sites for hydroxylation is 2. The van der Waals surface area contributed by atoms with Crippen LogP contribution < -0.4 is 10.4 Å². The third-order valence-corrected chi connectivity index (χ3v) is 4.20. The van der Waals surface area contributed by atoms with Crippen LogP contribution in [0.5, 0.6) is 5.75 Å². The van der Waals surface area contributed by atoms with Gasteiger partial charge in [-0.05, 0) is 44.0 Å². The normalized spacial score (nSPS) is 14.9. The average molecular weight is 319 g/mol. The van der Waals surface area contributed by atoms with Crippen molar-refractivity contribution in [3.05, 3.63) is 39.2 Å². The first-order chi connectivity index (χ1) is 10.9. The predicted molar refractivity (Wildman–Crippen MR) is 83.7 cm³/mol. The van der Waals surface area contributed by atoms with Gasteiger partial charge in [-0.2, -0.15) is 0 Å². The van der Waals surface area contributed by atoms with Gasteiger partial charge in [-0.25, -0.2) is 9.18 Å². The number of carbonyl (C=O) groups is 1. The van der Waals surface area contributed by atoms with Gasteiger partial charge in [0, 0.05) is 5.56 Å². The van der Waals surface area contributed by atoms with E-state index in [0.29, 0.717) is 22.3 Å². The lowest BCUT2D eigenvalue weighted by molar-refractivity contribution is -0.140. The highest BCUT2D eigenvalue weighted by Gasteiger charge is 2.30. The SMILES string of the molecule is Cc1cc(OCC(=O)N2CC(F)C2)c2c(C)c(C)c(=O)oc2c1. The maximum absolute atomic E-state index is 12.8. The summed E-state index contributed by atoms with van der Waals surface area (Å²) in [5, 5.41) is 0.687. The van der Waals surface area contributed by atoms with Crippen LogP contribution in [0.3, 0.4) is 0 Å². The molecule has 0 bridgehead atoms. The fraction of sp³-hybridized carbons (Fsp3) is 0.412. The van der Waals surface area contributed by atoms with Gasteiger partial charge in [0.25, 0.3) is 5.91 Å². The summed E-state index contributed by atoms with van der Waals surface area (Å²) in [6.07, 6.45) is -0.932. The zero-order chi connectivity index (χ0) is 16.7. The molecular formula is C17H18FNO4. The fourth-order valence-electron chi connectivity index (χ4n) is 2.66. The number of benzene rings is 1. The molecule has 122 valence electrons. The monoisotopic (exact) mass is 319 g/mol. The van der Waals surface area contributed by atoms with Crippen LogP contribution in [-0.2, 0) is 4.79 Å². The Morgan fingerprint density at radius 1 is 1.30 bits per heavy atom. The van der Waals surface area contributed by atoms with Crippen LogP contribution in [0.2, 0.25) is 0 Å². The largest absolute Gasteiger partial charge is 0.483 e. The number of hydrogen-bond donors (Lipinski definition) is 0. The second-order valence-electron chi connectivity index (χ2n) is 5.96. The predicted octanol–water partition coefficient (Wildman–Crippen LogP) is 2.28. The van der Waals surface area contributed by atoms with Crippen molar-refractivity contribution in [2.45, 2.75) is 26.9 Å². The van der Waals surface area contributed by atoms with Crippen molar-refractivity contribution in [2.75, 3.05) is 19.7 Å². The van der Waals surface area contributed by atoms with Gasteiger partial charge < -0.3 is 14.1 Å². The Kier molecular flexibility index (Phi) is 3.83. The average Bonchev–Trinajstić information content (AvgIpc) is 2.46. The first kappa shape index (κ1) is 15.5. The molecule has 2 aromatic rings. The summed E-state index contributed by atoms with van der Waals surface area (Å²) in [4.78, 5) is 25.2. The summed E-state index contributed by atoms with van der Waals surface area (Å²) in [7, 11) is 0. The highest BCUT2D eigenvalue weighted by molar-refractivity contribution is 5.88. The standard InChI is InChI=1S/C17H18FNO4/c1-9-4-13(22-8-15(20)19-6-12(18)7-19)16-10(2)11(3)17(21)23-14(16)5-9/h4-5,12H,6-8H2,1-3H3. The van der Waals surface area contributed by atoms with E-state index in [4.69, 9.17) is 9.15 Å². The molecule has 0 atom stereocenters. The Morgan fingerprint density at radius 3 is 2.65 bits per heavy atom. The molecule has 1 fully saturated rings.